The molecule has 3 nitrogen and oxygen atoms in total. The van der Waals surface area contributed by atoms with Crippen molar-refractivity contribution in [3.8, 4) is 0 Å². The van der Waals surface area contributed by atoms with Crippen molar-refractivity contribution in [3.05, 3.63) is 71.4 Å². The molecule has 0 saturated heterocycles. The number of hydrogen-bond donors (Lipinski definition) is 0. The van der Waals surface area contributed by atoms with Crippen LogP contribution in [0.4, 0.5) is 0 Å². The highest BCUT2D eigenvalue weighted by molar-refractivity contribution is 6.05. The molecule has 0 radical (unpaired) electrons. The molecule has 2 aromatic carbocycles. The second-order valence-corrected chi connectivity index (χ2v) is 5.12. The van der Waals surface area contributed by atoms with Crippen LogP contribution in [0.2, 0.25) is 0 Å². The summed E-state index contributed by atoms with van der Waals surface area (Å²) in [6.45, 7) is 0. The number of ether oxygens (including phenoxy) is 1. The van der Waals surface area contributed by atoms with E-state index in [1.165, 1.54) is 12.7 Å². The first-order chi connectivity index (χ1) is 10.2. The van der Waals surface area contributed by atoms with Gasteiger partial charge in [0.05, 0.1) is 12.7 Å². The van der Waals surface area contributed by atoms with E-state index in [0.717, 1.165) is 22.9 Å². The minimum atomic E-state index is -0.291. The summed E-state index contributed by atoms with van der Waals surface area (Å²) in [7, 11) is 3.42. The molecule has 0 unspecified atom stereocenters. The number of aryl methyl sites for hydroxylation is 1. The van der Waals surface area contributed by atoms with Crippen molar-refractivity contribution in [2.45, 2.75) is 6.42 Å². The summed E-state index contributed by atoms with van der Waals surface area (Å²) < 4.78 is 6.97. The van der Waals surface area contributed by atoms with Crippen LogP contribution in [0.5, 0.6) is 0 Å². The normalized spacial score (nSPS) is 10.8. The van der Waals surface area contributed by atoms with Crippen LogP contribution in [-0.2, 0) is 18.2 Å². The Bertz CT molecular complexity index is 788. The zero-order chi connectivity index (χ0) is 14.8. The summed E-state index contributed by atoms with van der Waals surface area (Å²) >= 11 is 0. The topological polar surface area (TPSA) is 31.2 Å². The van der Waals surface area contributed by atoms with E-state index in [-0.39, 0.29) is 5.97 Å². The molecule has 0 spiro atoms. The van der Waals surface area contributed by atoms with Crippen molar-refractivity contribution in [2.24, 2.45) is 7.05 Å². The van der Waals surface area contributed by atoms with E-state index in [2.05, 4.69) is 22.9 Å². The number of fused-ring (bicyclic) bond motifs is 1. The Morgan fingerprint density at radius 2 is 1.86 bits per heavy atom. The number of methoxy groups -OCH3 is 1. The molecule has 0 aliphatic heterocycles. The average molecular weight is 279 g/mol. The van der Waals surface area contributed by atoms with Gasteiger partial charge in [-0.25, -0.2) is 4.79 Å². The minimum absolute atomic E-state index is 0.291. The Balaban J connectivity index is 2.16. The summed E-state index contributed by atoms with van der Waals surface area (Å²) in [4.78, 5) is 12.0. The molecule has 0 fully saturated rings. The quantitative estimate of drug-likeness (QED) is 0.686. The van der Waals surface area contributed by atoms with Gasteiger partial charge in [0.25, 0.3) is 0 Å². The highest BCUT2D eigenvalue weighted by Gasteiger charge is 2.16. The van der Waals surface area contributed by atoms with E-state index in [1.54, 1.807) is 0 Å². The fourth-order valence-electron chi connectivity index (χ4n) is 2.77. The highest BCUT2D eigenvalue weighted by atomic mass is 16.5. The number of carbonyl (C=O) groups excluding carboxylic acids is 1. The van der Waals surface area contributed by atoms with Crippen LogP contribution in [0.3, 0.4) is 0 Å². The molecule has 1 heterocycles. The molecule has 1 aromatic heterocycles. The van der Waals surface area contributed by atoms with Crippen LogP contribution in [-0.4, -0.2) is 17.6 Å². The Kier molecular flexibility index (Phi) is 3.48. The van der Waals surface area contributed by atoms with Gasteiger partial charge in [0.15, 0.2) is 0 Å². The molecule has 21 heavy (non-hydrogen) atoms. The molecule has 106 valence electrons. The fraction of sp³-hybridized carbons (Fsp3) is 0.167. The predicted octanol–water partition coefficient (Wildman–Crippen LogP) is 3.56. The standard InChI is InChI=1S/C18H17NO2/c1-19-12-14(11-13-7-4-3-5-8-13)17-15(18(20)21-2)9-6-10-16(17)19/h3-10,12H,11H2,1-2H3. The molecule has 0 atom stereocenters. The Labute approximate surface area is 123 Å². The van der Waals surface area contributed by atoms with Crippen LogP contribution >= 0.6 is 0 Å². The number of carbonyl (C=O) groups is 1. The van der Waals surface area contributed by atoms with Crippen molar-refractivity contribution >= 4 is 16.9 Å². The van der Waals surface area contributed by atoms with Gasteiger partial charge < -0.3 is 9.30 Å². The van der Waals surface area contributed by atoms with Gasteiger partial charge in [0.2, 0.25) is 0 Å². The predicted molar refractivity (Wildman–Crippen MR) is 83.5 cm³/mol. The SMILES string of the molecule is COC(=O)c1cccc2c1c(Cc1ccccc1)cn2C. The lowest BCUT2D eigenvalue weighted by atomic mass is 10.0. The number of benzene rings is 2. The van der Waals surface area contributed by atoms with Crippen molar-refractivity contribution < 1.29 is 9.53 Å². The van der Waals surface area contributed by atoms with Gasteiger partial charge in [-0.2, -0.15) is 0 Å². The molecule has 3 heteroatoms. The molecule has 0 saturated carbocycles. The number of hydrogen-bond acceptors (Lipinski definition) is 2. The second-order valence-electron chi connectivity index (χ2n) is 5.12. The van der Waals surface area contributed by atoms with E-state index in [0.29, 0.717) is 5.56 Å². The lowest BCUT2D eigenvalue weighted by Crippen LogP contribution is -2.02. The fourth-order valence-corrected chi connectivity index (χ4v) is 2.77. The maximum absolute atomic E-state index is 12.0. The largest absolute Gasteiger partial charge is 0.465 e. The number of rotatable bonds is 3. The third-order valence-corrected chi connectivity index (χ3v) is 3.74. The summed E-state index contributed by atoms with van der Waals surface area (Å²) in [6, 6.07) is 16.0. The van der Waals surface area contributed by atoms with Gasteiger partial charge in [-0.1, -0.05) is 36.4 Å². The first-order valence-corrected chi connectivity index (χ1v) is 6.90. The molecule has 3 aromatic rings. The van der Waals surface area contributed by atoms with Gasteiger partial charge in [0.1, 0.15) is 0 Å². The molecule has 3 rings (SSSR count). The van der Waals surface area contributed by atoms with Gasteiger partial charge in [-0.05, 0) is 29.7 Å². The molecular weight excluding hydrogens is 262 g/mol. The van der Waals surface area contributed by atoms with Gasteiger partial charge in [0, 0.05) is 24.1 Å². The summed E-state index contributed by atoms with van der Waals surface area (Å²) in [6.07, 6.45) is 2.89. The molecule has 0 aliphatic carbocycles. The average Bonchev–Trinajstić information content (AvgIpc) is 2.84. The molecule has 0 aliphatic rings. The third kappa shape index (κ3) is 2.42. The monoisotopic (exact) mass is 279 g/mol. The van der Waals surface area contributed by atoms with Crippen LogP contribution in [0.25, 0.3) is 10.9 Å². The van der Waals surface area contributed by atoms with E-state index >= 15 is 0 Å². The van der Waals surface area contributed by atoms with E-state index in [9.17, 15) is 4.79 Å². The first kappa shape index (κ1) is 13.4. The molecule has 0 amide bonds. The Morgan fingerprint density at radius 1 is 1.10 bits per heavy atom. The van der Waals surface area contributed by atoms with Crippen LogP contribution < -0.4 is 0 Å². The lowest BCUT2D eigenvalue weighted by Gasteiger charge is -2.05. The van der Waals surface area contributed by atoms with Gasteiger partial charge in [-0.3, -0.25) is 0 Å². The maximum Gasteiger partial charge on any atom is 0.338 e. The van der Waals surface area contributed by atoms with Crippen LogP contribution in [0, 0.1) is 0 Å². The van der Waals surface area contributed by atoms with Crippen molar-refractivity contribution in [1.82, 2.24) is 4.57 Å². The number of aromatic nitrogens is 1. The van der Waals surface area contributed by atoms with E-state index < -0.39 is 0 Å². The number of esters is 1. The zero-order valence-corrected chi connectivity index (χ0v) is 12.2. The first-order valence-electron chi connectivity index (χ1n) is 6.90. The zero-order valence-electron chi connectivity index (χ0n) is 12.2. The smallest absolute Gasteiger partial charge is 0.338 e. The Hall–Kier alpha value is -2.55. The third-order valence-electron chi connectivity index (χ3n) is 3.74. The van der Waals surface area contributed by atoms with Crippen LogP contribution in [0.1, 0.15) is 21.5 Å². The second kappa shape index (κ2) is 5.44. The summed E-state index contributed by atoms with van der Waals surface area (Å²) in [5.41, 5.74) is 4.04. The summed E-state index contributed by atoms with van der Waals surface area (Å²) in [5, 5.41) is 0.982. The van der Waals surface area contributed by atoms with Crippen molar-refractivity contribution in [2.75, 3.05) is 7.11 Å². The van der Waals surface area contributed by atoms with Crippen molar-refractivity contribution in [3.63, 3.8) is 0 Å². The summed E-state index contributed by atoms with van der Waals surface area (Å²) in [5.74, 6) is -0.291. The maximum atomic E-state index is 12.0. The Morgan fingerprint density at radius 3 is 2.57 bits per heavy atom. The highest BCUT2D eigenvalue weighted by Crippen LogP contribution is 2.27. The lowest BCUT2D eigenvalue weighted by molar-refractivity contribution is 0.0603. The van der Waals surface area contributed by atoms with Gasteiger partial charge >= 0.3 is 5.97 Å². The van der Waals surface area contributed by atoms with E-state index in [4.69, 9.17) is 4.74 Å². The van der Waals surface area contributed by atoms with E-state index in [1.807, 2.05) is 43.4 Å². The molecule has 0 bridgehead atoms. The molecule has 0 N–H and O–H groups in total. The van der Waals surface area contributed by atoms with Gasteiger partial charge in [-0.15, -0.1) is 0 Å². The number of nitrogens with zero attached hydrogens (tertiary/aromatic N) is 1. The molecular formula is C18H17NO2. The van der Waals surface area contributed by atoms with Crippen LogP contribution in [0.15, 0.2) is 54.7 Å². The minimum Gasteiger partial charge on any atom is -0.465 e. The van der Waals surface area contributed by atoms with Crippen molar-refractivity contribution in [1.29, 1.82) is 0 Å².